The van der Waals surface area contributed by atoms with Crippen LogP contribution in [0.25, 0.3) is 0 Å². The van der Waals surface area contributed by atoms with E-state index in [0.29, 0.717) is 30.0 Å². The SMILES string of the molecule is Cc1[nH]ncc1C(=O)Nc1cccc(N2CCNC2=O)c1. The molecule has 2 aromatic rings. The van der Waals surface area contributed by atoms with Crippen LogP contribution in [0.1, 0.15) is 16.1 Å². The van der Waals surface area contributed by atoms with Crippen LogP contribution in [0.2, 0.25) is 0 Å². The number of hydrogen-bond donors (Lipinski definition) is 3. The first-order chi connectivity index (χ1) is 10.1. The number of carbonyl (C=O) groups excluding carboxylic acids is 2. The lowest BCUT2D eigenvalue weighted by Crippen LogP contribution is -2.27. The quantitative estimate of drug-likeness (QED) is 0.798. The van der Waals surface area contributed by atoms with Crippen molar-refractivity contribution in [1.82, 2.24) is 15.5 Å². The number of nitrogens with one attached hydrogen (secondary N) is 3. The summed E-state index contributed by atoms with van der Waals surface area (Å²) >= 11 is 0. The van der Waals surface area contributed by atoms with Crippen molar-refractivity contribution in [3.63, 3.8) is 0 Å². The standard InChI is InChI=1S/C14H15N5O2/c1-9-12(8-16-18-9)13(20)17-10-3-2-4-11(7-10)19-6-5-15-14(19)21/h2-4,7-8H,5-6H2,1H3,(H,15,21)(H,16,18)(H,17,20). The Morgan fingerprint density at radius 2 is 2.29 bits per heavy atom. The van der Waals surface area contributed by atoms with E-state index in [-0.39, 0.29) is 11.9 Å². The Bertz CT molecular complexity index is 694. The summed E-state index contributed by atoms with van der Waals surface area (Å²) in [5.74, 6) is -0.232. The number of aryl methyl sites for hydroxylation is 1. The summed E-state index contributed by atoms with van der Waals surface area (Å²) in [6.07, 6.45) is 1.49. The van der Waals surface area contributed by atoms with Crippen LogP contribution >= 0.6 is 0 Å². The summed E-state index contributed by atoms with van der Waals surface area (Å²) in [6, 6.07) is 7.08. The van der Waals surface area contributed by atoms with Gasteiger partial charge in [-0.2, -0.15) is 5.10 Å². The van der Waals surface area contributed by atoms with E-state index < -0.39 is 0 Å². The summed E-state index contributed by atoms with van der Waals surface area (Å²) in [4.78, 5) is 25.4. The van der Waals surface area contributed by atoms with Gasteiger partial charge in [-0.15, -0.1) is 0 Å². The average molecular weight is 285 g/mol. The lowest BCUT2D eigenvalue weighted by molar-refractivity contribution is 0.102. The van der Waals surface area contributed by atoms with Gasteiger partial charge in [0.2, 0.25) is 0 Å². The predicted octanol–water partition coefficient (Wildman–Crippen LogP) is 1.50. The molecule has 0 saturated carbocycles. The topological polar surface area (TPSA) is 90.1 Å². The second kappa shape index (κ2) is 5.28. The van der Waals surface area contributed by atoms with Crippen molar-refractivity contribution in [3.05, 3.63) is 41.7 Å². The summed E-state index contributed by atoms with van der Waals surface area (Å²) in [5.41, 5.74) is 2.60. The number of amides is 3. The normalized spacial score (nSPS) is 14.1. The maximum atomic E-state index is 12.1. The fourth-order valence-corrected chi connectivity index (χ4v) is 2.25. The minimum atomic E-state index is -0.232. The van der Waals surface area contributed by atoms with Crippen molar-refractivity contribution in [3.8, 4) is 0 Å². The zero-order valence-corrected chi connectivity index (χ0v) is 11.5. The van der Waals surface area contributed by atoms with Gasteiger partial charge < -0.3 is 10.6 Å². The molecule has 0 unspecified atom stereocenters. The molecule has 0 aliphatic carbocycles. The van der Waals surface area contributed by atoms with E-state index in [9.17, 15) is 9.59 Å². The summed E-state index contributed by atoms with van der Waals surface area (Å²) in [6.45, 7) is 3.04. The number of nitrogens with zero attached hydrogens (tertiary/aromatic N) is 2. The van der Waals surface area contributed by atoms with Gasteiger partial charge in [-0.1, -0.05) is 6.07 Å². The summed E-state index contributed by atoms with van der Waals surface area (Å²) in [7, 11) is 0. The van der Waals surface area contributed by atoms with Crippen molar-refractivity contribution in [2.24, 2.45) is 0 Å². The number of rotatable bonds is 3. The number of hydrogen-bond acceptors (Lipinski definition) is 3. The summed E-state index contributed by atoms with van der Waals surface area (Å²) < 4.78 is 0. The van der Waals surface area contributed by atoms with Crippen LogP contribution in [-0.2, 0) is 0 Å². The average Bonchev–Trinajstić information content (AvgIpc) is 3.07. The third kappa shape index (κ3) is 2.58. The first kappa shape index (κ1) is 13.2. The van der Waals surface area contributed by atoms with Gasteiger partial charge in [0.05, 0.1) is 11.8 Å². The molecule has 2 heterocycles. The highest BCUT2D eigenvalue weighted by Crippen LogP contribution is 2.21. The molecule has 3 N–H and O–H groups in total. The molecule has 3 amide bonds. The molecule has 0 spiro atoms. The minimum absolute atomic E-state index is 0.121. The number of urea groups is 1. The Balaban J connectivity index is 1.79. The molecule has 3 rings (SSSR count). The van der Waals surface area contributed by atoms with Crippen LogP contribution in [0.4, 0.5) is 16.2 Å². The van der Waals surface area contributed by atoms with E-state index in [0.717, 1.165) is 5.69 Å². The molecule has 1 aromatic carbocycles. The van der Waals surface area contributed by atoms with Crippen LogP contribution in [-0.4, -0.2) is 35.2 Å². The molecule has 21 heavy (non-hydrogen) atoms. The van der Waals surface area contributed by atoms with Crippen LogP contribution < -0.4 is 15.5 Å². The smallest absolute Gasteiger partial charge is 0.321 e. The van der Waals surface area contributed by atoms with Gasteiger partial charge in [-0.25, -0.2) is 4.79 Å². The highest BCUT2D eigenvalue weighted by Gasteiger charge is 2.21. The lowest BCUT2D eigenvalue weighted by atomic mass is 10.2. The maximum absolute atomic E-state index is 12.1. The van der Waals surface area contributed by atoms with Crippen LogP contribution in [0, 0.1) is 6.92 Å². The number of aromatic amines is 1. The molecule has 7 heteroatoms. The number of anilines is 2. The fourth-order valence-electron chi connectivity index (χ4n) is 2.25. The van der Waals surface area contributed by atoms with E-state index in [2.05, 4.69) is 20.8 Å². The van der Waals surface area contributed by atoms with Gasteiger partial charge in [0.1, 0.15) is 0 Å². The first-order valence-electron chi connectivity index (χ1n) is 6.62. The Labute approximate surface area is 121 Å². The molecule has 1 aromatic heterocycles. The van der Waals surface area contributed by atoms with Crippen LogP contribution in [0.3, 0.4) is 0 Å². The summed E-state index contributed by atoms with van der Waals surface area (Å²) in [5, 5.41) is 12.1. The van der Waals surface area contributed by atoms with Crippen molar-refractivity contribution >= 4 is 23.3 Å². The molecule has 0 bridgehead atoms. The fraction of sp³-hybridized carbons (Fsp3) is 0.214. The van der Waals surface area contributed by atoms with E-state index in [1.807, 2.05) is 6.07 Å². The minimum Gasteiger partial charge on any atom is -0.336 e. The number of H-pyrrole nitrogens is 1. The van der Waals surface area contributed by atoms with Crippen molar-refractivity contribution in [1.29, 1.82) is 0 Å². The van der Waals surface area contributed by atoms with Gasteiger partial charge >= 0.3 is 6.03 Å². The van der Waals surface area contributed by atoms with E-state index >= 15 is 0 Å². The highest BCUT2D eigenvalue weighted by molar-refractivity contribution is 6.05. The molecule has 7 nitrogen and oxygen atoms in total. The third-order valence-corrected chi connectivity index (χ3v) is 3.35. The van der Waals surface area contributed by atoms with Gasteiger partial charge in [0.15, 0.2) is 0 Å². The van der Waals surface area contributed by atoms with Gasteiger partial charge in [0.25, 0.3) is 5.91 Å². The molecular weight excluding hydrogens is 270 g/mol. The second-order valence-electron chi connectivity index (χ2n) is 4.80. The zero-order valence-electron chi connectivity index (χ0n) is 11.5. The van der Waals surface area contributed by atoms with Crippen LogP contribution in [0.15, 0.2) is 30.5 Å². The maximum Gasteiger partial charge on any atom is 0.321 e. The molecule has 1 aliphatic rings. The lowest BCUT2D eigenvalue weighted by Gasteiger charge is -2.15. The molecule has 1 fully saturated rings. The molecule has 108 valence electrons. The number of benzene rings is 1. The van der Waals surface area contributed by atoms with Crippen molar-refractivity contribution in [2.45, 2.75) is 6.92 Å². The molecule has 0 atom stereocenters. The largest absolute Gasteiger partial charge is 0.336 e. The Morgan fingerprint density at radius 1 is 1.43 bits per heavy atom. The van der Waals surface area contributed by atoms with Crippen molar-refractivity contribution in [2.75, 3.05) is 23.3 Å². The Morgan fingerprint density at radius 3 is 2.95 bits per heavy atom. The second-order valence-corrected chi connectivity index (χ2v) is 4.80. The van der Waals surface area contributed by atoms with E-state index in [1.54, 1.807) is 30.0 Å². The van der Waals surface area contributed by atoms with E-state index in [1.165, 1.54) is 6.20 Å². The van der Waals surface area contributed by atoms with Gasteiger partial charge in [0, 0.05) is 30.2 Å². The van der Waals surface area contributed by atoms with Gasteiger partial charge in [-0.05, 0) is 25.1 Å². The number of aromatic nitrogens is 2. The molecule has 1 aliphatic heterocycles. The first-order valence-corrected chi connectivity index (χ1v) is 6.62. The van der Waals surface area contributed by atoms with E-state index in [4.69, 9.17) is 0 Å². The Kier molecular flexibility index (Phi) is 3.31. The van der Waals surface area contributed by atoms with Crippen molar-refractivity contribution < 1.29 is 9.59 Å². The Hall–Kier alpha value is -2.83. The molecule has 0 radical (unpaired) electrons. The molecule has 1 saturated heterocycles. The highest BCUT2D eigenvalue weighted by atomic mass is 16.2. The van der Waals surface area contributed by atoms with Crippen LogP contribution in [0.5, 0.6) is 0 Å². The van der Waals surface area contributed by atoms with Gasteiger partial charge in [-0.3, -0.25) is 14.8 Å². The predicted molar refractivity (Wildman–Crippen MR) is 78.5 cm³/mol. The number of carbonyl (C=O) groups is 2. The zero-order chi connectivity index (χ0) is 14.8. The third-order valence-electron chi connectivity index (χ3n) is 3.35. The monoisotopic (exact) mass is 285 g/mol. The molecular formula is C14H15N5O2.